The highest BCUT2D eigenvalue weighted by molar-refractivity contribution is 5.75. The Bertz CT molecular complexity index is 1010. The summed E-state index contributed by atoms with van der Waals surface area (Å²) in [5, 5.41) is 10.5. The highest BCUT2D eigenvalue weighted by atomic mass is 19.1. The van der Waals surface area contributed by atoms with E-state index in [0.29, 0.717) is 17.6 Å². The summed E-state index contributed by atoms with van der Waals surface area (Å²) < 4.78 is 27.8. The maximum Gasteiger partial charge on any atom is 0.326 e. The number of aliphatic hydroxyl groups excluding tert-OH is 1. The van der Waals surface area contributed by atoms with Gasteiger partial charge in [0, 0.05) is 38.4 Å². The molecule has 2 heterocycles. The van der Waals surface area contributed by atoms with E-state index in [1.807, 2.05) is 0 Å². The average molecular weight is 388 g/mol. The molecular weight excluding hydrogens is 366 g/mol. The van der Waals surface area contributed by atoms with E-state index in [9.17, 15) is 18.7 Å². The van der Waals surface area contributed by atoms with Crippen molar-refractivity contribution in [3.63, 3.8) is 0 Å². The van der Waals surface area contributed by atoms with Crippen LogP contribution < -0.4 is 10.6 Å². The fraction of sp³-hybridized carbons (Fsp3) is 0.350. The number of benzene rings is 2. The van der Waals surface area contributed by atoms with Crippen LogP contribution in [0.4, 0.5) is 14.5 Å². The Balaban J connectivity index is 1.35. The molecule has 0 aliphatic carbocycles. The number of fused-ring (bicyclic) bond motifs is 1. The zero-order valence-corrected chi connectivity index (χ0v) is 15.3. The van der Waals surface area contributed by atoms with Gasteiger partial charge in [-0.15, -0.1) is 0 Å². The number of nitrogens with one attached hydrogen (secondary N) is 1. The summed E-state index contributed by atoms with van der Waals surface area (Å²) in [5.41, 5.74) is 1.62. The largest absolute Gasteiger partial charge is 0.390 e. The molecule has 3 aromatic rings. The Morgan fingerprint density at radius 1 is 0.964 bits per heavy atom. The maximum atomic E-state index is 13.3. The number of imidazole rings is 1. The summed E-state index contributed by atoms with van der Waals surface area (Å²) in [7, 11) is 0. The van der Waals surface area contributed by atoms with Gasteiger partial charge in [0.25, 0.3) is 0 Å². The summed E-state index contributed by atoms with van der Waals surface area (Å²) in [5.74, 6) is -0.666. The van der Waals surface area contributed by atoms with E-state index in [1.54, 1.807) is 12.1 Å². The Morgan fingerprint density at radius 3 is 2.36 bits per heavy atom. The number of H-pyrrole nitrogens is 1. The lowest BCUT2D eigenvalue weighted by Gasteiger charge is -2.36. The summed E-state index contributed by atoms with van der Waals surface area (Å²) >= 11 is 0. The molecule has 2 N–H and O–H groups in total. The molecule has 1 atom stereocenters. The quantitative estimate of drug-likeness (QED) is 0.700. The molecule has 28 heavy (non-hydrogen) atoms. The van der Waals surface area contributed by atoms with Crippen LogP contribution in [0.15, 0.2) is 47.3 Å². The summed E-state index contributed by atoms with van der Waals surface area (Å²) in [6.45, 7) is 3.68. The third kappa shape index (κ3) is 3.93. The molecule has 0 amide bonds. The molecular formula is C20H22F2N4O2. The van der Waals surface area contributed by atoms with Crippen LogP contribution in [-0.2, 0) is 6.54 Å². The summed E-state index contributed by atoms with van der Waals surface area (Å²) in [6.07, 6.45) is -0.723. The van der Waals surface area contributed by atoms with Crippen molar-refractivity contribution in [1.82, 2.24) is 14.5 Å². The molecule has 4 rings (SSSR count). The number of halogens is 2. The van der Waals surface area contributed by atoms with E-state index in [-0.39, 0.29) is 18.1 Å². The van der Waals surface area contributed by atoms with E-state index in [4.69, 9.17) is 0 Å². The predicted octanol–water partition coefficient (Wildman–Crippen LogP) is 1.79. The predicted molar refractivity (Wildman–Crippen MR) is 104 cm³/mol. The van der Waals surface area contributed by atoms with Crippen LogP contribution in [0, 0.1) is 11.6 Å². The van der Waals surface area contributed by atoms with Gasteiger partial charge in [-0.25, -0.2) is 13.6 Å². The number of rotatable bonds is 5. The number of aliphatic hydroxyl groups is 1. The third-order valence-electron chi connectivity index (χ3n) is 5.16. The second kappa shape index (κ2) is 7.73. The number of hydrogen-bond acceptors (Lipinski definition) is 4. The first-order chi connectivity index (χ1) is 13.5. The molecule has 1 aliphatic rings. The first-order valence-corrected chi connectivity index (χ1v) is 9.28. The zero-order valence-electron chi connectivity index (χ0n) is 15.3. The summed E-state index contributed by atoms with van der Waals surface area (Å²) in [4.78, 5) is 19.1. The Hall–Kier alpha value is -2.71. The maximum absolute atomic E-state index is 13.3. The number of aromatic amines is 1. The van der Waals surface area contributed by atoms with Crippen molar-refractivity contribution in [3.05, 3.63) is 64.6 Å². The number of hydrogen-bond donors (Lipinski definition) is 2. The molecule has 1 aliphatic heterocycles. The molecule has 0 bridgehead atoms. The SMILES string of the molecule is O=c1[nH]c2cc(F)ccc2n1CC(O)CN1CCN(c2ccc(F)cc2)CC1. The molecule has 1 fully saturated rings. The highest BCUT2D eigenvalue weighted by Crippen LogP contribution is 2.17. The lowest BCUT2D eigenvalue weighted by atomic mass is 10.2. The molecule has 0 radical (unpaired) electrons. The van der Waals surface area contributed by atoms with Gasteiger partial charge in [-0.1, -0.05) is 0 Å². The monoisotopic (exact) mass is 388 g/mol. The fourth-order valence-corrected chi connectivity index (χ4v) is 3.72. The number of aromatic nitrogens is 2. The van der Waals surface area contributed by atoms with Crippen molar-refractivity contribution in [2.45, 2.75) is 12.6 Å². The Morgan fingerprint density at radius 2 is 1.64 bits per heavy atom. The van der Waals surface area contributed by atoms with E-state index >= 15 is 0 Å². The van der Waals surface area contributed by atoms with Crippen molar-refractivity contribution in [2.75, 3.05) is 37.6 Å². The molecule has 6 nitrogen and oxygen atoms in total. The van der Waals surface area contributed by atoms with Gasteiger partial charge in [-0.2, -0.15) is 0 Å². The van der Waals surface area contributed by atoms with Crippen LogP contribution in [0.3, 0.4) is 0 Å². The van der Waals surface area contributed by atoms with Crippen LogP contribution in [-0.4, -0.2) is 58.4 Å². The molecule has 1 aromatic heterocycles. The minimum Gasteiger partial charge on any atom is -0.390 e. The van der Waals surface area contributed by atoms with Gasteiger partial charge >= 0.3 is 5.69 Å². The van der Waals surface area contributed by atoms with Crippen LogP contribution in [0.1, 0.15) is 0 Å². The molecule has 0 spiro atoms. The van der Waals surface area contributed by atoms with Gasteiger partial charge in [-0.3, -0.25) is 9.47 Å². The number of anilines is 1. The van der Waals surface area contributed by atoms with Crippen LogP contribution in [0.2, 0.25) is 0 Å². The van der Waals surface area contributed by atoms with Gasteiger partial charge in [0.2, 0.25) is 0 Å². The number of nitrogens with zero attached hydrogens (tertiary/aromatic N) is 3. The van der Waals surface area contributed by atoms with Gasteiger partial charge in [0.05, 0.1) is 23.7 Å². The molecule has 2 aromatic carbocycles. The standard InChI is InChI=1S/C20H22F2N4O2/c21-14-1-4-16(5-2-14)25-9-7-24(8-10-25)12-17(27)13-26-19-6-3-15(22)11-18(19)23-20(26)28/h1-6,11,17,27H,7-10,12-13H2,(H,23,28). The Labute approximate surface area is 160 Å². The van der Waals surface area contributed by atoms with Crippen molar-refractivity contribution >= 4 is 16.7 Å². The lowest BCUT2D eigenvalue weighted by molar-refractivity contribution is 0.0952. The van der Waals surface area contributed by atoms with E-state index in [0.717, 1.165) is 31.9 Å². The van der Waals surface area contributed by atoms with Crippen molar-refractivity contribution < 1.29 is 13.9 Å². The van der Waals surface area contributed by atoms with Crippen molar-refractivity contribution in [3.8, 4) is 0 Å². The zero-order chi connectivity index (χ0) is 19.7. The van der Waals surface area contributed by atoms with Crippen molar-refractivity contribution in [1.29, 1.82) is 0 Å². The molecule has 148 valence electrons. The topological polar surface area (TPSA) is 64.5 Å². The molecule has 1 saturated heterocycles. The van der Waals surface area contributed by atoms with Crippen molar-refractivity contribution in [2.24, 2.45) is 0 Å². The normalized spacial score (nSPS) is 16.6. The van der Waals surface area contributed by atoms with Gasteiger partial charge in [-0.05, 0) is 42.5 Å². The van der Waals surface area contributed by atoms with Gasteiger partial charge in [0.15, 0.2) is 0 Å². The first kappa shape index (κ1) is 18.6. The lowest BCUT2D eigenvalue weighted by Crippen LogP contribution is -2.49. The third-order valence-corrected chi connectivity index (χ3v) is 5.16. The van der Waals surface area contributed by atoms with Gasteiger partial charge < -0.3 is 15.0 Å². The fourth-order valence-electron chi connectivity index (χ4n) is 3.72. The number of piperazine rings is 1. The molecule has 1 unspecified atom stereocenters. The minimum absolute atomic E-state index is 0.142. The average Bonchev–Trinajstić information content (AvgIpc) is 2.97. The number of β-amino-alcohol motifs (C(OH)–C–C–N with tert-alkyl or cyclic N) is 1. The van der Waals surface area contributed by atoms with Crippen LogP contribution in [0.5, 0.6) is 0 Å². The van der Waals surface area contributed by atoms with E-state index in [2.05, 4.69) is 14.8 Å². The van der Waals surface area contributed by atoms with E-state index in [1.165, 1.54) is 34.9 Å². The Kier molecular flexibility index (Phi) is 5.15. The van der Waals surface area contributed by atoms with Crippen LogP contribution in [0.25, 0.3) is 11.0 Å². The van der Waals surface area contributed by atoms with Crippen LogP contribution >= 0.6 is 0 Å². The van der Waals surface area contributed by atoms with E-state index < -0.39 is 11.9 Å². The van der Waals surface area contributed by atoms with Gasteiger partial charge in [0.1, 0.15) is 11.6 Å². The molecule has 8 heteroatoms. The first-order valence-electron chi connectivity index (χ1n) is 9.28. The highest BCUT2D eigenvalue weighted by Gasteiger charge is 2.20. The molecule has 0 saturated carbocycles. The minimum atomic E-state index is -0.723. The second-order valence-electron chi connectivity index (χ2n) is 7.12. The summed E-state index contributed by atoms with van der Waals surface area (Å²) in [6, 6.07) is 10.6. The second-order valence-corrected chi connectivity index (χ2v) is 7.12. The smallest absolute Gasteiger partial charge is 0.326 e.